The van der Waals surface area contributed by atoms with Gasteiger partial charge >= 0.3 is 5.97 Å². The van der Waals surface area contributed by atoms with Crippen LogP contribution in [0.4, 0.5) is 0 Å². The van der Waals surface area contributed by atoms with Crippen molar-refractivity contribution in [1.82, 2.24) is 0 Å². The van der Waals surface area contributed by atoms with Gasteiger partial charge < -0.3 is 9.84 Å². The third-order valence-electron chi connectivity index (χ3n) is 4.89. The van der Waals surface area contributed by atoms with Gasteiger partial charge in [0.25, 0.3) is 5.60 Å². The first-order valence-electron chi connectivity index (χ1n) is 9.07. The maximum atomic E-state index is 13.0. The van der Waals surface area contributed by atoms with Crippen LogP contribution in [0.2, 0.25) is 0 Å². The van der Waals surface area contributed by atoms with Crippen molar-refractivity contribution in [3.63, 3.8) is 0 Å². The number of benzene rings is 2. The maximum absolute atomic E-state index is 13.0. The summed E-state index contributed by atoms with van der Waals surface area (Å²) < 4.78 is 4.94. The van der Waals surface area contributed by atoms with E-state index in [0.29, 0.717) is 19.0 Å². The van der Waals surface area contributed by atoms with E-state index in [2.05, 4.69) is 0 Å². The number of carbonyl (C=O) groups is 5. The number of ketones is 2. The Kier molecular flexibility index (Phi) is 5.52. The SMILES string of the molecule is CCCCOC(=O)C1(O)C(=O)c2cccc(-c3cccc(C=O)c3C=O)c2C1=O. The Morgan fingerprint density at radius 1 is 1.00 bits per heavy atom. The van der Waals surface area contributed by atoms with Crippen LogP contribution in [0, 0.1) is 0 Å². The van der Waals surface area contributed by atoms with E-state index in [1.807, 2.05) is 6.92 Å². The summed E-state index contributed by atoms with van der Waals surface area (Å²) in [6.45, 7) is 1.84. The second-order valence-electron chi connectivity index (χ2n) is 6.63. The molecule has 0 bridgehead atoms. The number of hydrogen-bond acceptors (Lipinski definition) is 7. The molecular weight excluding hydrogens is 376 g/mol. The Balaban J connectivity index is 2.15. The van der Waals surface area contributed by atoms with Crippen molar-refractivity contribution in [2.75, 3.05) is 6.61 Å². The monoisotopic (exact) mass is 394 g/mol. The number of fused-ring (bicyclic) bond motifs is 1. The molecule has 1 aliphatic rings. The van der Waals surface area contributed by atoms with Crippen molar-refractivity contribution < 1.29 is 33.8 Å². The first-order valence-corrected chi connectivity index (χ1v) is 9.07. The second-order valence-corrected chi connectivity index (χ2v) is 6.63. The zero-order valence-electron chi connectivity index (χ0n) is 15.6. The van der Waals surface area contributed by atoms with E-state index in [9.17, 15) is 29.1 Å². The number of rotatable bonds is 7. The van der Waals surface area contributed by atoms with Crippen LogP contribution in [-0.4, -0.2) is 47.4 Å². The normalized spacial score (nSPS) is 17.7. The highest BCUT2D eigenvalue weighted by atomic mass is 16.6. The zero-order valence-corrected chi connectivity index (χ0v) is 15.6. The predicted octanol–water partition coefficient (Wildman–Crippen LogP) is 2.43. The van der Waals surface area contributed by atoms with Gasteiger partial charge in [-0.25, -0.2) is 4.79 Å². The highest BCUT2D eigenvalue weighted by molar-refractivity contribution is 6.42. The molecule has 0 saturated carbocycles. The maximum Gasteiger partial charge on any atom is 0.354 e. The second kappa shape index (κ2) is 7.89. The largest absolute Gasteiger partial charge is 0.463 e. The molecule has 1 N–H and O–H groups in total. The van der Waals surface area contributed by atoms with Crippen molar-refractivity contribution >= 4 is 30.1 Å². The summed E-state index contributed by atoms with van der Waals surface area (Å²) in [6.07, 6.45) is 2.22. The Labute approximate surface area is 166 Å². The quantitative estimate of drug-likeness (QED) is 0.332. The molecule has 3 rings (SSSR count). The highest BCUT2D eigenvalue weighted by Crippen LogP contribution is 2.38. The molecule has 7 heteroatoms. The van der Waals surface area contributed by atoms with Crippen molar-refractivity contribution in [2.45, 2.75) is 25.4 Å². The van der Waals surface area contributed by atoms with Gasteiger partial charge in [-0.1, -0.05) is 49.7 Å². The molecule has 0 saturated heterocycles. The van der Waals surface area contributed by atoms with Gasteiger partial charge in [0.1, 0.15) is 0 Å². The Bertz CT molecular complexity index is 1040. The molecular formula is C22H18O7. The van der Waals surface area contributed by atoms with Crippen LogP contribution in [0.5, 0.6) is 0 Å². The Morgan fingerprint density at radius 2 is 1.66 bits per heavy atom. The predicted molar refractivity (Wildman–Crippen MR) is 102 cm³/mol. The lowest BCUT2D eigenvalue weighted by molar-refractivity contribution is -0.156. The van der Waals surface area contributed by atoms with E-state index >= 15 is 0 Å². The smallest absolute Gasteiger partial charge is 0.354 e. The van der Waals surface area contributed by atoms with Crippen LogP contribution in [0.25, 0.3) is 11.1 Å². The van der Waals surface area contributed by atoms with Crippen LogP contribution >= 0.6 is 0 Å². The van der Waals surface area contributed by atoms with Crippen molar-refractivity contribution in [1.29, 1.82) is 0 Å². The molecule has 1 atom stereocenters. The Hall–Kier alpha value is -3.45. The lowest BCUT2D eigenvalue weighted by Gasteiger charge is -2.17. The zero-order chi connectivity index (χ0) is 21.2. The molecule has 0 aromatic heterocycles. The minimum atomic E-state index is -2.96. The summed E-state index contributed by atoms with van der Waals surface area (Å²) >= 11 is 0. The first kappa shape index (κ1) is 20.3. The Morgan fingerprint density at radius 3 is 2.31 bits per heavy atom. The number of ether oxygens (including phenoxy) is 1. The van der Waals surface area contributed by atoms with Crippen molar-refractivity contribution in [2.24, 2.45) is 0 Å². The first-order chi connectivity index (χ1) is 13.9. The third-order valence-corrected chi connectivity index (χ3v) is 4.89. The van der Waals surface area contributed by atoms with Gasteiger partial charge in [0.05, 0.1) is 6.61 Å². The average Bonchev–Trinajstić information content (AvgIpc) is 2.95. The van der Waals surface area contributed by atoms with Gasteiger partial charge in [-0.3, -0.25) is 19.2 Å². The molecule has 0 heterocycles. The topological polar surface area (TPSA) is 115 Å². The molecule has 7 nitrogen and oxygen atoms in total. The number of esters is 1. The van der Waals surface area contributed by atoms with E-state index in [1.165, 1.54) is 36.4 Å². The van der Waals surface area contributed by atoms with Crippen LogP contribution in [0.3, 0.4) is 0 Å². The molecule has 148 valence electrons. The van der Waals surface area contributed by atoms with Gasteiger partial charge in [0, 0.05) is 22.3 Å². The van der Waals surface area contributed by atoms with Crippen LogP contribution in [0.1, 0.15) is 61.2 Å². The fourth-order valence-corrected chi connectivity index (χ4v) is 3.34. The minimum Gasteiger partial charge on any atom is -0.463 e. The summed E-state index contributed by atoms with van der Waals surface area (Å²) in [5, 5.41) is 10.7. The summed E-state index contributed by atoms with van der Waals surface area (Å²) in [4.78, 5) is 61.0. The number of hydrogen-bond donors (Lipinski definition) is 1. The van der Waals surface area contributed by atoms with Gasteiger partial charge in [-0.05, 0) is 17.5 Å². The average molecular weight is 394 g/mol. The lowest BCUT2D eigenvalue weighted by atomic mass is 9.90. The summed E-state index contributed by atoms with van der Waals surface area (Å²) in [7, 11) is 0. The molecule has 1 unspecified atom stereocenters. The number of aldehydes is 2. The molecule has 0 fully saturated rings. The molecule has 0 amide bonds. The fraction of sp³-hybridized carbons (Fsp3) is 0.227. The van der Waals surface area contributed by atoms with Crippen LogP contribution < -0.4 is 0 Å². The highest BCUT2D eigenvalue weighted by Gasteiger charge is 2.59. The van der Waals surface area contributed by atoms with Gasteiger partial charge in [0.15, 0.2) is 12.6 Å². The van der Waals surface area contributed by atoms with Crippen molar-refractivity contribution in [3.05, 3.63) is 58.7 Å². The molecule has 0 aliphatic heterocycles. The third kappa shape index (κ3) is 3.09. The van der Waals surface area contributed by atoms with Gasteiger partial charge in [-0.2, -0.15) is 0 Å². The van der Waals surface area contributed by atoms with Crippen LogP contribution in [-0.2, 0) is 9.53 Å². The molecule has 0 radical (unpaired) electrons. The number of Topliss-reactive ketones (excluding diaryl/α,β-unsaturated/α-hetero) is 2. The fourth-order valence-electron chi connectivity index (χ4n) is 3.34. The van der Waals surface area contributed by atoms with E-state index < -0.39 is 23.1 Å². The number of unbranched alkanes of at least 4 members (excludes halogenated alkanes) is 1. The lowest BCUT2D eigenvalue weighted by Crippen LogP contribution is -2.50. The molecule has 1 aliphatic carbocycles. The summed E-state index contributed by atoms with van der Waals surface area (Å²) in [5.74, 6) is -3.50. The molecule has 2 aromatic rings. The molecule has 2 aromatic carbocycles. The molecule has 0 spiro atoms. The van der Waals surface area contributed by atoms with Crippen LogP contribution in [0.15, 0.2) is 36.4 Å². The van der Waals surface area contributed by atoms with Gasteiger partial charge in [0.2, 0.25) is 11.6 Å². The number of carbonyl (C=O) groups excluding carboxylic acids is 5. The standard InChI is InChI=1S/C22H18O7/c1-2-3-10-29-21(27)22(28)19(25)16-9-5-8-15(18(16)20(22)26)14-7-4-6-13(11-23)17(14)12-24/h4-9,11-12,28H,2-3,10H2,1H3. The molecule has 29 heavy (non-hydrogen) atoms. The minimum absolute atomic E-state index is 0.0297. The van der Waals surface area contributed by atoms with Crippen molar-refractivity contribution in [3.8, 4) is 11.1 Å². The summed E-state index contributed by atoms with van der Waals surface area (Å²) in [5.41, 5.74) is -2.72. The van der Waals surface area contributed by atoms with E-state index in [0.717, 1.165) is 6.42 Å². The summed E-state index contributed by atoms with van der Waals surface area (Å²) in [6, 6.07) is 8.75. The van der Waals surface area contributed by atoms with E-state index in [4.69, 9.17) is 4.74 Å². The van der Waals surface area contributed by atoms with Gasteiger partial charge in [-0.15, -0.1) is 0 Å². The van der Waals surface area contributed by atoms with E-state index in [1.54, 1.807) is 0 Å². The number of aliphatic hydroxyl groups is 1. The van der Waals surface area contributed by atoms with E-state index in [-0.39, 0.29) is 40.0 Å².